The highest BCUT2D eigenvalue weighted by atomic mass is 19.1. The van der Waals surface area contributed by atoms with Crippen LogP contribution in [0.3, 0.4) is 0 Å². The Morgan fingerprint density at radius 1 is 1.42 bits per heavy atom. The average Bonchev–Trinajstić information content (AvgIpc) is 2.40. The lowest BCUT2D eigenvalue weighted by Crippen LogP contribution is -2.40. The molecule has 19 heavy (non-hydrogen) atoms. The van der Waals surface area contributed by atoms with Crippen LogP contribution in [0.2, 0.25) is 0 Å². The highest BCUT2D eigenvalue weighted by Gasteiger charge is 2.18. The lowest BCUT2D eigenvalue weighted by Gasteiger charge is -2.31. The molecular formula is C13H22FN3O2. The Kier molecular flexibility index (Phi) is 6.69. The molecule has 0 spiro atoms. The lowest BCUT2D eigenvalue weighted by molar-refractivity contribution is 0.170. The minimum absolute atomic E-state index is 0.100. The van der Waals surface area contributed by atoms with Crippen molar-refractivity contribution in [3.05, 3.63) is 23.6 Å². The highest BCUT2D eigenvalue weighted by Crippen LogP contribution is 2.20. The number of methoxy groups -OCH3 is 2. The number of aromatic nitrogens is 1. The molecule has 0 aliphatic heterocycles. The van der Waals surface area contributed by atoms with Crippen LogP contribution in [0.25, 0.3) is 0 Å². The smallest absolute Gasteiger partial charge is 0.141 e. The minimum Gasteiger partial charge on any atom is -0.383 e. The van der Waals surface area contributed by atoms with Crippen molar-refractivity contribution < 1.29 is 13.9 Å². The average molecular weight is 271 g/mol. The molecule has 1 aromatic heterocycles. The summed E-state index contributed by atoms with van der Waals surface area (Å²) in [5, 5.41) is 0. The van der Waals surface area contributed by atoms with Crippen molar-refractivity contribution in [3.8, 4) is 0 Å². The molecule has 0 aliphatic carbocycles. The second-order valence-electron chi connectivity index (χ2n) is 4.33. The fourth-order valence-electron chi connectivity index (χ4n) is 1.94. The van der Waals surface area contributed by atoms with Crippen LogP contribution in [0.4, 0.5) is 10.2 Å². The third-order valence-corrected chi connectivity index (χ3v) is 2.88. The van der Waals surface area contributed by atoms with Gasteiger partial charge in [0.25, 0.3) is 0 Å². The van der Waals surface area contributed by atoms with Crippen LogP contribution in [-0.4, -0.2) is 45.0 Å². The summed E-state index contributed by atoms with van der Waals surface area (Å²) in [5.74, 6) is 0.306. The van der Waals surface area contributed by atoms with E-state index in [0.29, 0.717) is 31.1 Å². The van der Waals surface area contributed by atoms with Gasteiger partial charge in [0.2, 0.25) is 0 Å². The van der Waals surface area contributed by atoms with Crippen molar-refractivity contribution >= 4 is 5.82 Å². The van der Waals surface area contributed by atoms with E-state index in [9.17, 15) is 4.39 Å². The maximum Gasteiger partial charge on any atom is 0.141 e. The maximum absolute atomic E-state index is 13.2. The van der Waals surface area contributed by atoms with Crippen LogP contribution in [-0.2, 0) is 16.0 Å². The molecule has 0 aliphatic rings. The zero-order chi connectivity index (χ0) is 14.3. The number of pyridine rings is 1. The first-order valence-corrected chi connectivity index (χ1v) is 6.23. The number of rotatable bonds is 8. The van der Waals surface area contributed by atoms with Gasteiger partial charge in [-0.05, 0) is 13.0 Å². The Labute approximate surface area is 113 Å². The van der Waals surface area contributed by atoms with Gasteiger partial charge in [-0.3, -0.25) is 0 Å². The molecular weight excluding hydrogens is 249 g/mol. The summed E-state index contributed by atoms with van der Waals surface area (Å²) >= 11 is 0. The van der Waals surface area contributed by atoms with Gasteiger partial charge in [-0.1, -0.05) is 0 Å². The van der Waals surface area contributed by atoms with Crippen LogP contribution in [0.15, 0.2) is 12.3 Å². The molecule has 0 saturated heterocycles. The Balaban J connectivity index is 3.01. The van der Waals surface area contributed by atoms with E-state index in [1.165, 1.54) is 12.3 Å². The largest absolute Gasteiger partial charge is 0.383 e. The van der Waals surface area contributed by atoms with Crippen LogP contribution in [0, 0.1) is 5.82 Å². The summed E-state index contributed by atoms with van der Waals surface area (Å²) in [6.45, 7) is 4.00. The molecule has 1 unspecified atom stereocenters. The van der Waals surface area contributed by atoms with Gasteiger partial charge in [-0.2, -0.15) is 0 Å². The first kappa shape index (κ1) is 15.8. The monoisotopic (exact) mass is 271 g/mol. The molecule has 1 heterocycles. The Hall–Kier alpha value is -1.24. The fourth-order valence-corrected chi connectivity index (χ4v) is 1.94. The Morgan fingerprint density at radius 3 is 2.74 bits per heavy atom. The van der Waals surface area contributed by atoms with Gasteiger partial charge < -0.3 is 20.1 Å². The molecule has 0 radical (unpaired) electrons. The van der Waals surface area contributed by atoms with Crippen molar-refractivity contribution in [3.63, 3.8) is 0 Å². The third kappa shape index (κ3) is 4.41. The second kappa shape index (κ2) is 8.04. The molecule has 0 aromatic carbocycles. The van der Waals surface area contributed by atoms with Gasteiger partial charge in [-0.15, -0.1) is 0 Å². The zero-order valence-corrected chi connectivity index (χ0v) is 11.7. The highest BCUT2D eigenvalue weighted by molar-refractivity contribution is 5.47. The van der Waals surface area contributed by atoms with Crippen molar-refractivity contribution in [2.45, 2.75) is 19.5 Å². The number of halogens is 1. The summed E-state index contributed by atoms with van der Waals surface area (Å²) < 4.78 is 23.5. The third-order valence-electron chi connectivity index (χ3n) is 2.88. The van der Waals surface area contributed by atoms with Crippen LogP contribution in [0.1, 0.15) is 12.5 Å². The summed E-state index contributed by atoms with van der Waals surface area (Å²) in [6, 6.07) is 1.52. The Morgan fingerprint density at radius 2 is 2.16 bits per heavy atom. The molecule has 1 rings (SSSR count). The Bertz CT molecular complexity index is 390. The van der Waals surface area contributed by atoms with Crippen molar-refractivity contribution in [1.82, 2.24) is 4.98 Å². The lowest BCUT2D eigenvalue weighted by atomic mass is 10.2. The van der Waals surface area contributed by atoms with E-state index in [4.69, 9.17) is 15.2 Å². The summed E-state index contributed by atoms with van der Waals surface area (Å²) in [4.78, 5) is 6.19. The standard InChI is InChI=1S/C13H22FN3O2/c1-10(9-19-3)17(4-5-18-2)13-11(7-15)6-12(14)8-16-13/h6,8,10H,4-5,7,9,15H2,1-3H3. The van der Waals surface area contributed by atoms with E-state index in [1.807, 2.05) is 11.8 Å². The predicted octanol–water partition coefficient (Wildman–Crippen LogP) is 1.17. The SMILES string of the molecule is COCCN(c1ncc(F)cc1CN)C(C)COC. The van der Waals surface area contributed by atoms with E-state index in [2.05, 4.69) is 4.98 Å². The summed E-state index contributed by atoms with van der Waals surface area (Å²) in [5.41, 5.74) is 6.34. The first-order chi connectivity index (χ1) is 9.13. The maximum atomic E-state index is 13.2. The summed E-state index contributed by atoms with van der Waals surface area (Å²) in [6.07, 6.45) is 1.20. The molecule has 0 saturated carbocycles. The topological polar surface area (TPSA) is 60.6 Å². The van der Waals surface area contributed by atoms with Crippen LogP contribution in [0.5, 0.6) is 0 Å². The minimum atomic E-state index is -0.379. The molecule has 1 aromatic rings. The number of hydrogen-bond donors (Lipinski definition) is 1. The van der Waals surface area contributed by atoms with Gasteiger partial charge >= 0.3 is 0 Å². The normalized spacial score (nSPS) is 12.5. The van der Waals surface area contributed by atoms with Gasteiger partial charge in [-0.25, -0.2) is 9.37 Å². The van der Waals surface area contributed by atoms with Gasteiger partial charge in [0, 0.05) is 32.9 Å². The quantitative estimate of drug-likeness (QED) is 0.769. The van der Waals surface area contributed by atoms with E-state index in [1.54, 1.807) is 14.2 Å². The van der Waals surface area contributed by atoms with Gasteiger partial charge in [0.05, 0.1) is 25.5 Å². The predicted molar refractivity (Wildman–Crippen MR) is 72.6 cm³/mol. The van der Waals surface area contributed by atoms with E-state index in [0.717, 1.165) is 0 Å². The van der Waals surface area contributed by atoms with Crippen molar-refractivity contribution in [2.75, 3.05) is 38.9 Å². The van der Waals surface area contributed by atoms with Gasteiger partial charge in [0.1, 0.15) is 11.6 Å². The molecule has 0 bridgehead atoms. The number of nitrogens with two attached hydrogens (primary N) is 1. The van der Waals surface area contributed by atoms with E-state index < -0.39 is 0 Å². The van der Waals surface area contributed by atoms with Crippen molar-refractivity contribution in [2.24, 2.45) is 5.73 Å². The molecule has 0 amide bonds. The van der Waals surface area contributed by atoms with E-state index in [-0.39, 0.29) is 18.4 Å². The molecule has 5 nitrogen and oxygen atoms in total. The number of nitrogens with zero attached hydrogens (tertiary/aromatic N) is 2. The van der Waals surface area contributed by atoms with Crippen LogP contribution >= 0.6 is 0 Å². The van der Waals surface area contributed by atoms with E-state index >= 15 is 0 Å². The summed E-state index contributed by atoms with van der Waals surface area (Å²) in [7, 11) is 3.29. The number of anilines is 1. The number of ether oxygens (including phenoxy) is 2. The second-order valence-corrected chi connectivity index (χ2v) is 4.33. The molecule has 2 N–H and O–H groups in total. The molecule has 6 heteroatoms. The molecule has 108 valence electrons. The molecule has 1 atom stereocenters. The van der Waals surface area contributed by atoms with Gasteiger partial charge in [0.15, 0.2) is 0 Å². The zero-order valence-electron chi connectivity index (χ0n) is 11.7. The van der Waals surface area contributed by atoms with Crippen LogP contribution < -0.4 is 10.6 Å². The fraction of sp³-hybridized carbons (Fsp3) is 0.615. The number of hydrogen-bond acceptors (Lipinski definition) is 5. The molecule has 0 fully saturated rings. The first-order valence-electron chi connectivity index (χ1n) is 6.23. The van der Waals surface area contributed by atoms with Crippen molar-refractivity contribution in [1.29, 1.82) is 0 Å².